The van der Waals surface area contributed by atoms with E-state index in [1.165, 1.54) is 0 Å². The van der Waals surface area contributed by atoms with Crippen molar-refractivity contribution in [1.82, 2.24) is 5.32 Å². The van der Waals surface area contributed by atoms with Crippen molar-refractivity contribution >= 4 is 6.41 Å². The Bertz CT molecular complexity index is 248. The highest BCUT2D eigenvalue weighted by Gasteiger charge is 2.06. The van der Waals surface area contributed by atoms with Gasteiger partial charge in [0, 0.05) is 0 Å². The molecule has 3 heteroatoms. The van der Waals surface area contributed by atoms with Crippen molar-refractivity contribution in [3.8, 4) is 0 Å². The molecule has 13 heavy (non-hydrogen) atoms. The fourth-order valence-electron chi connectivity index (χ4n) is 1.14. The summed E-state index contributed by atoms with van der Waals surface area (Å²) in [4.78, 5) is 10.0. The van der Waals surface area contributed by atoms with Gasteiger partial charge >= 0.3 is 6.41 Å². The van der Waals surface area contributed by atoms with Crippen LogP contribution in [0.25, 0.3) is 0 Å². The highest BCUT2D eigenvalue weighted by Crippen LogP contribution is 2.02. The van der Waals surface area contributed by atoms with Crippen LogP contribution in [0.15, 0.2) is 30.3 Å². The number of aliphatic hydroxyl groups excluding tert-OH is 1. The van der Waals surface area contributed by atoms with E-state index in [1.807, 2.05) is 30.3 Å². The molecule has 69 valence electrons. The zero-order valence-corrected chi connectivity index (χ0v) is 7.23. The Morgan fingerprint density at radius 2 is 2.08 bits per heavy atom. The predicted octanol–water partition coefficient (Wildman–Crippen LogP) is 0.247. The maximum atomic E-state index is 10.0. The van der Waals surface area contributed by atoms with Gasteiger partial charge in [0.05, 0.1) is 12.6 Å². The summed E-state index contributed by atoms with van der Waals surface area (Å²) in [5.41, 5.74) is 1.09. The maximum absolute atomic E-state index is 10.0. The average Bonchev–Trinajstić information content (AvgIpc) is 2.19. The first kappa shape index (κ1) is 9.74. The normalized spacial score (nSPS) is 12.1. The van der Waals surface area contributed by atoms with Crippen LogP contribution in [0.1, 0.15) is 5.56 Å². The molecule has 1 unspecified atom stereocenters. The number of benzene rings is 1. The number of hydrogen-bond donors (Lipinski definition) is 2. The van der Waals surface area contributed by atoms with E-state index in [-0.39, 0.29) is 12.6 Å². The second-order valence-electron chi connectivity index (χ2n) is 2.82. The molecule has 0 fully saturated rings. The van der Waals surface area contributed by atoms with Crippen LogP contribution in [0.5, 0.6) is 0 Å². The molecule has 1 atom stereocenters. The van der Waals surface area contributed by atoms with Gasteiger partial charge in [0.1, 0.15) is 0 Å². The summed E-state index contributed by atoms with van der Waals surface area (Å²) < 4.78 is 0. The maximum Gasteiger partial charge on any atom is 0.309 e. The summed E-state index contributed by atoms with van der Waals surface area (Å²) in [5, 5.41) is 11.3. The van der Waals surface area contributed by atoms with Crippen LogP contribution in [-0.2, 0) is 11.2 Å². The van der Waals surface area contributed by atoms with E-state index in [0.29, 0.717) is 6.42 Å². The zero-order chi connectivity index (χ0) is 9.52. The molecule has 1 rings (SSSR count). The molecule has 3 nitrogen and oxygen atoms in total. The van der Waals surface area contributed by atoms with E-state index < -0.39 is 0 Å². The van der Waals surface area contributed by atoms with Crippen molar-refractivity contribution in [3.63, 3.8) is 0 Å². The Morgan fingerprint density at radius 1 is 1.38 bits per heavy atom. The van der Waals surface area contributed by atoms with Crippen molar-refractivity contribution < 1.29 is 9.90 Å². The Morgan fingerprint density at radius 3 is 2.62 bits per heavy atom. The van der Waals surface area contributed by atoms with Gasteiger partial charge in [-0.05, 0) is 12.0 Å². The Hall–Kier alpha value is -1.35. The summed E-state index contributed by atoms with van der Waals surface area (Å²) in [6, 6.07) is 9.45. The van der Waals surface area contributed by atoms with Crippen LogP contribution < -0.4 is 5.32 Å². The standard InChI is InChI=1S/C10H12NO2/c12-7-10(11-8-13)6-9-4-2-1-3-5-9/h1-5,10,12H,6-7H2,(H,11,13). The molecule has 1 aromatic rings. The molecule has 0 spiro atoms. The van der Waals surface area contributed by atoms with Crippen molar-refractivity contribution in [3.05, 3.63) is 35.9 Å². The van der Waals surface area contributed by atoms with Gasteiger partial charge in [0.25, 0.3) is 0 Å². The van der Waals surface area contributed by atoms with Gasteiger partial charge in [-0.15, -0.1) is 0 Å². The van der Waals surface area contributed by atoms with Crippen molar-refractivity contribution in [2.24, 2.45) is 0 Å². The van der Waals surface area contributed by atoms with Crippen molar-refractivity contribution in [1.29, 1.82) is 0 Å². The molecule has 0 aliphatic carbocycles. The minimum Gasteiger partial charge on any atom is -0.394 e. The largest absolute Gasteiger partial charge is 0.394 e. The van der Waals surface area contributed by atoms with E-state index in [9.17, 15) is 4.79 Å². The molecule has 0 aromatic heterocycles. The van der Waals surface area contributed by atoms with E-state index in [2.05, 4.69) is 5.32 Å². The summed E-state index contributed by atoms with van der Waals surface area (Å²) in [6.45, 7) is -0.0653. The Balaban J connectivity index is 2.51. The van der Waals surface area contributed by atoms with E-state index in [1.54, 1.807) is 6.41 Å². The second-order valence-corrected chi connectivity index (χ2v) is 2.82. The summed E-state index contributed by atoms with van der Waals surface area (Å²) in [6.07, 6.45) is 2.21. The quantitative estimate of drug-likeness (QED) is 0.635. The fourth-order valence-corrected chi connectivity index (χ4v) is 1.14. The third kappa shape index (κ3) is 3.25. The zero-order valence-electron chi connectivity index (χ0n) is 7.23. The molecule has 1 aromatic carbocycles. The van der Waals surface area contributed by atoms with Gasteiger partial charge in [0.2, 0.25) is 0 Å². The van der Waals surface area contributed by atoms with Crippen LogP contribution in [0.4, 0.5) is 0 Å². The van der Waals surface area contributed by atoms with Gasteiger partial charge < -0.3 is 10.4 Å². The fraction of sp³-hybridized carbons (Fsp3) is 0.300. The first-order chi connectivity index (χ1) is 6.36. The highest BCUT2D eigenvalue weighted by atomic mass is 16.3. The van der Waals surface area contributed by atoms with Crippen LogP contribution in [0.3, 0.4) is 0 Å². The molecule has 0 bridgehead atoms. The number of nitrogens with one attached hydrogen (secondary N) is 1. The number of rotatable bonds is 5. The van der Waals surface area contributed by atoms with E-state index in [4.69, 9.17) is 5.11 Å². The third-order valence-corrected chi connectivity index (χ3v) is 1.81. The lowest BCUT2D eigenvalue weighted by Gasteiger charge is -2.11. The average molecular weight is 178 g/mol. The van der Waals surface area contributed by atoms with Crippen LogP contribution in [0.2, 0.25) is 0 Å². The third-order valence-electron chi connectivity index (χ3n) is 1.81. The topological polar surface area (TPSA) is 49.3 Å². The predicted molar refractivity (Wildman–Crippen MR) is 49.8 cm³/mol. The van der Waals surface area contributed by atoms with E-state index in [0.717, 1.165) is 5.56 Å². The van der Waals surface area contributed by atoms with Gasteiger partial charge in [-0.3, -0.25) is 4.79 Å². The highest BCUT2D eigenvalue weighted by molar-refractivity contribution is 5.47. The molecule has 0 aliphatic heterocycles. The smallest absolute Gasteiger partial charge is 0.309 e. The van der Waals surface area contributed by atoms with Gasteiger partial charge in [-0.25, -0.2) is 0 Å². The van der Waals surface area contributed by atoms with Gasteiger partial charge in [-0.1, -0.05) is 30.3 Å². The molecular formula is C10H12NO2. The monoisotopic (exact) mass is 178 g/mol. The lowest BCUT2D eigenvalue weighted by molar-refractivity contribution is 0.253. The van der Waals surface area contributed by atoms with Gasteiger partial charge in [0.15, 0.2) is 0 Å². The van der Waals surface area contributed by atoms with Crippen molar-refractivity contribution in [2.75, 3.05) is 6.61 Å². The number of hydrogen-bond acceptors (Lipinski definition) is 2. The summed E-state index contributed by atoms with van der Waals surface area (Å²) in [7, 11) is 0. The second kappa shape index (κ2) is 5.32. The van der Waals surface area contributed by atoms with E-state index >= 15 is 0 Å². The minimum absolute atomic E-state index is 0.0653. The molecule has 0 heterocycles. The van der Waals surface area contributed by atoms with Crippen molar-refractivity contribution in [2.45, 2.75) is 12.5 Å². The van der Waals surface area contributed by atoms with Crippen LogP contribution in [-0.4, -0.2) is 24.2 Å². The number of amides is 1. The summed E-state index contributed by atoms with van der Waals surface area (Å²) >= 11 is 0. The van der Waals surface area contributed by atoms with Crippen LogP contribution in [0, 0.1) is 0 Å². The molecule has 1 radical (unpaired) electrons. The lowest BCUT2D eigenvalue weighted by atomic mass is 10.1. The molecule has 0 saturated carbocycles. The number of aliphatic hydroxyl groups is 1. The molecule has 1 amide bonds. The first-order valence-electron chi connectivity index (χ1n) is 4.14. The molecule has 0 aliphatic rings. The summed E-state index contributed by atoms with van der Waals surface area (Å²) in [5.74, 6) is 0. The lowest BCUT2D eigenvalue weighted by Crippen LogP contribution is -2.33. The molecular weight excluding hydrogens is 166 g/mol. The molecule has 2 N–H and O–H groups in total. The van der Waals surface area contributed by atoms with Crippen LogP contribution >= 0.6 is 0 Å². The number of carbonyl (C=O) groups excluding carboxylic acids is 1. The SMILES string of the molecule is O=[C]NC(CO)Cc1ccccc1. The first-order valence-corrected chi connectivity index (χ1v) is 4.14. The Kier molecular flexibility index (Phi) is 3.99. The molecule has 0 saturated heterocycles. The Labute approximate surface area is 77.4 Å². The van der Waals surface area contributed by atoms with Gasteiger partial charge in [-0.2, -0.15) is 0 Å². The minimum atomic E-state index is -0.236.